The van der Waals surface area contributed by atoms with E-state index in [0.29, 0.717) is 11.0 Å². The molecule has 0 radical (unpaired) electrons. The van der Waals surface area contributed by atoms with Crippen LogP contribution in [0.2, 0.25) is 0 Å². The summed E-state index contributed by atoms with van der Waals surface area (Å²) in [5.74, 6) is 0. The first-order valence-corrected chi connectivity index (χ1v) is 8.74. The van der Waals surface area contributed by atoms with Gasteiger partial charge in [-0.05, 0) is 45.4 Å². The van der Waals surface area contributed by atoms with Crippen molar-refractivity contribution >= 4 is 18.6 Å². The van der Waals surface area contributed by atoms with Gasteiger partial charge < -0.3 is 14.6 Å². The highest BCUT2D eigenvalue weighted by Crippen LogP contribution is 2.36. The zero-order valence-electron chi connectivity index (χ0n) is 16.0. The van der Waals surface area contributed by atoms with Crippen molar-refractivity contribution in [2.24, 2.45) is 0 Å². The van der Waals surface area contributed by atoms with Crippen LogP contribution >= 0.6 is 0 Å². The summed E-state index contributed by atoms with van der Waals surface area (Å²) in [7, 11) is -0.638. The zero-order valence-corrected chi connectivity index (χ0v) is 16.0. The highest BCUT2D eigenvalue weighted by Gasteiger charge is 2.52. The van der Waals surface area contributed by atoms with Crippen LogP contribution in [0.4, 0.5) is 18.0 Å². The van der Waals surface area contributed by atoms with Crippen molar-refractivity contribution in [1.82, 2.24) is 15.1 Å². The van der Waals surface area contributed by atoms with E-state index in [1.807, 2.05) is 27.7 Å². The lowest BCUT2D eigenvalue weighted by Gasteiger charge is -2.32. The van der Waals surface area contributed by atoms with Gasteiger partial charge >= 0.3 is 19.3 Å². The van der Waals surface area contributed by atoms with Crippen LogP contribution in [0.25, 0.3) is 0 Å². The smallest absolute Gasteiger partial charge is 0.399 e. The molecule has 0 spiro atoms. The lowest BCUT2D eigenvalue weighted by Crippen LogP contribution is -2.41. The lowest BCUT2D eigenvalue weighted by atomic mass is 9.82. The van der Waals surface area contributed by atoms with Crippen LogP contribution in [0.15, 0.2) is 36.7 Å². The molecule has 1 aromatic carbocycles. The fourth-order valence-electron chi connectivity index (χ4n) is 2.62. The normalized spacial score (nSPS) is 18.3. The van der Waals surface area contributed by atoms with Crippen molar-refractivity contribution in [3.05, 3.63) is 47.8 Å². The Bertz CT molecular complexity index is 847. The molecular formula is C18H21BF3N3O3. The van der Waals surface area contributed by atoms with E-state index < -0.39 is 36.1 Å². The molecule has 6 nitrogen and oxygen atoms in total. The number of alkyl halides is 3. The predicted molar refractivity (Wildman–Crippen MR) is 97.0 cm³/mol. The molecule has 1 fully saturated rings. The Morgan fingerprint density at radius 1 is 1.14 bits per heavy atom. The summed E-state index contributed by atoms with van der Waals surface area (Å²) in [6.07, 6.45) is -1.40. The monoisotopic (exact) mass is 395 g/mol. The lowest BCUT2D eigenvalue weighted by molar-refractivity contribution is -0.137. The number of hydrogen-bond acceptors (Lipinski definition) is 4. The van der Waals surface area contributed by atoms with E-state index in [1.54, 1.807) is 0 Å². The van der Waals surface area contributed by atoms with Crippen LogP contribution in [0, 0.1) is 0 Å². The molecule has 3 rings (SSSR count). The number of carbonyl (C=O) groups is 1. The minimum Gasteiger partial charge on any atom is -0.399 e. The van der Waals surface area contributed by atoms with Crippen LogP contribution in [0.5, 0.6) is 0 Å². The third-order valence-corrected chi connectivity index (χ3v) is 5.06. The Morgan fingerprint density at radius 3 is 2.25 bits per heavy atom. The summed E-state index contributed by atoms with van der Waals surface area (Å²) in [4.78, 5) is 12.3. The molecule has 1 N–H and O–H groups in total. The predicted octanol–water partition coefficient (Wildman–Crippen LogP) is 2.96. The van der Waals surface area contributed by atoms with E-state index in [-0.39, 0.29) is 6.54 Å². The second-order valence-electron chi connectivity index (χ2n) is 7.66. The molecule has 150 valence electrons. The van der Waals surface area contributed by atoms with Crippen molar-refractivity contribution in [3.8, 4) is 0 Å². The van der Waals surface area contributed by atoms with Crippen LogP contribution < -0.4 is 10.8 Å². The van der Waals surface area contributed by atoms with Gasteiger partial charge in [-0.25, -0.2) is 4.79 Å². The molecule has 0 atom stereocenters. The topological polar surface area (TPSA) is 65.4 Å². The van der Waals surface area contributed by atoms with Gasteiger partial charge in [-0.2, -0.15) is 23.0 Å². The summed E-state index contributed by atoms with van der Waals surface area (Å²) in [6.45, 7) is 7.77. The minimum atomic E-state index is -4.39. The number of carbonyl (C=O) groups excluding carboxylic acids is 1. The summed E-state index contributed by atoms with van der Waals surface area (Å²) < 4.78 is 50.7. The first kappa shape index (κ1) is 20.4. The Hall–Kier alpha value is -2.33. The van der Waals surface area contributed by atoms with Crippen molar-refractivity contribution in [1.29, 1.82) is 0 Å². The number of aromatic nitrogens is 2. The van der Waals surface area contributed by atoms with E-state index in [1.165, 1.54) is 24.5 Å². The summed E-state index contributed by atoms with van der Waals surface area (Å²) in [5, 5.41) is 6.62. The fourth-order valence-corrected chi connectivity index (χ4v) is 2.62. The van der Waals surface area contributed by atoms with Gasteiger partial charge in [0.2, 0.25) is 0 Å². The van der Waals surface area contributed by atoms with Gasteiger partial charge in [0.15, 0.2) is 0 Å². The zero-order chi connectivity index (χ0) is 20.7. The maximum atomic E-state index is 12.6. The van der Waals surface area contributed by atoms with E-state index >= 15 is 0 Å². The average molecular weight is 395 g/mol. The molecule has 1 aliphatic rings. The van der Waals surface area contributed by atoms with Crippen molar-refractivity contribution in [3.63, 3.8) is 0 Å². The van der Waals surface area contributed by atoms with E-state index in [4.69, 9.17) is 9.31 Å². The number of benzene rings is 1. The second-order valence-corrected chi connectivity index (χ2v) is 7.66. The highest BCUT2D eigenvalue weighted by molar-refractivity contribution is 6.62. The largest absolute Gasteiger partial charge is 0.498 e. The van der Waals surface area contributed by atoms with Gasteiger partial charge in [0.25, 0.3) is 0 Å². The van der Waals surface area contributed by atoms with Gasteiger partial charge in [0.1, 0.15) is 0 Å². The van der Waals surface area contributed by atoms with Gasteiger partial charge in [-0.1, -0.05) is 12.1 Å². The number of amides is 1. The molecule has 28 heavy (non-hydrogen) atoms. The van der Waals surface area contributed by atoms with Gasteiger partial charge in [0.05, 0.1) is 16.8 Å². The molecular weight excluding hydrogens is 374 g/mol. The molecule has 0 bridgehead atoms. The quantitative estimate of drug-likeness (QED) is 0.812. The van der Waals surface area contributed by atoms with Crippen LogP contribution in [0.1, 0.15) is 38.8 Å². The summed E-state index contributed by atoms with van der Waals surface area (Å²) in [5.41, 5.74) is -0.611. The molecule has 1 amide bonds. The first-order valence-electron chi connectivity index (χ1n) is 8.74. The Morgan fingerprint density at radius 2 is 1.71 bits per heavy atom. The second kappa shape index (κ2) is 6.93. The number of nitrogens with one attached hydrogen (secondary N) is 1. The van der Waals surface area contributed by atoms with E-state index in [2.05, 4.69) is 10.4 Å². The number of hydrogen-bond donors (Lipinski definition) is 1. The SMILES string of the molecule is CC1(C)OB(c2cnn(C(=O)NCc3ccc(C(F)(F)F)cc3)c2)OC1(C)C. The van der Waals surface area contributed by atoms with Gasteiger partial charge in [-0.3, -0.25) is 0 Å². The Labute approximate surface area is 161 Å². The average Bonchev–Trinajstić information content (AvgIpc) is 3.15. The minimum absolute atomic E-state index is 0.0721. The third kappa shape index (κ3) is 4.07. The van der Waals surface area contributed by atoms with Crippen LogP contribution in [-0.4, -0.2) is 34.1 Å². The molecule has 10 heteroatoms. The molecule has 0 saturated carbocycles. The Kier molecular flexibility index (Phi) is 5.05. The van der Waals surface area contributed by atoms with Crippen molar-refractivity contribution in [2.45, 2.75) is 51.6 Å². The molecule has 2 heterocycles. The molecule has 0 unspecified atom stereocenters. The molecule has 0 aliphatic carbocycles. The van der Waals surface area contributed by atoms with Gasteiger partial charge in [0, 0.05) is 24.4 Å². The van der Waals surface area contributed by atoms with Crippen molar-refractivity contribution in [2.75, 3.05) is 0 Å². The molecule has 1 aromatic heterocycles. The number of rotatable bonds is 3. The maximum Gasteiger partial charge on any atom is 0.498 e. The number of halogens is 3. The maximum absolute atomic E-state index is 12.6. The third-order valence-electron chi connectivity index (χ3n) is 5.06. The Balaban J connectivity index is 1.61. The summed E-state index contributed by atoms with van der Waals surface area (Å²) in [6, 6.07) is 4.09. The van der Waals surface area contributed by atoms with Crippen LogP contribution in [-0.2, 0) is 22.0 Å². The standard InChI is InChI=1S/C18H21BF3N3O3/c1-16(2)17(3,4)28-19(27-16)14-10-24-25(11-14)15(26)23-9-12-5-7-13(8-6-12)18(20,21)22/h5-8,10-11H,9H2,1-4H3,(H,23,26). The number of nitrogens with zero attached hydrogens (tertiary/aromatic N) is 2. The molecule has 1 aliphatic heterocycles. The van der Waals surface area contributed by atoms with E-state index in [9.17, 15) is 18.0 Å². The molecule has 2 aromatic rings. The summed E-state index contributed by atoms with van der Waals surface area (Å²) >= 11 is 0. The van der Waals surface area contributed by atoms with E-state index in [0.717, 1.165) is 16.8 Å². The van der Waals surface area contributed by atoms with Crippen LogP contribution in [0.3, 0.4) is 0 Å². The molecule has 1 saturated heterocycles. The van der Waals surface area contributed by atoms with Gasteiger partial charge in [-0.15, -0.1) is 0 Å². The fraction of sp³-hybridized carbons (Fsp3) is 0.444. The highest BCUT2D eigenvalue weighted by atomic mass is 19.4. The van der Waals surface area contributed by atoms with Crippen molar-refractivity contribution < 1.29 is 27.3 Å². The first-order chi connectivity index (χ1) is 12.9.